The minimum absolute atomic E-state index is 0.0986. The molecule has 0 fully saturated rings. The molecule has 1 aliphatic heterocycles. The number of halogens is 1. The number of nitrogens with zero attached hydrogens (tertiary/aromatic N) is 1. The van der Waals surface area contributed by atoms with Gasteiger partial charge in [-0.05, 0) is 23.8 Å². The van der Waals surface area contributed by atoms with Crippen molar-refractivity contribution in [3.8, 4) is 11.8 Å². The molecule has 0 bridgehead atoms. The van der Waals surface area contributed by atoms with Crippen molar-refractivity contribution < 1.29 is 9.53 Å². The van der Waals surface area contributed by atoms with E-state index in [1.165, 1.54) is 11.8 Å². The summed E-state index contributed by atoms with van der Waals surface area (Å²) in [6, 6.07) is 17.3. The molecule has 3 rings (SSSR count). The summed E-state index contributed by atoms with van der Waals surface area (Å²) in [5.41, 5.74) is 2.48. The Morgan fingerprint density at radius 2 is 2.00 bits per heavy atom. The monoisotopic (exact) mass is 384 g/mol. The van der Waals surface area contributed by atoms with Crippen molar-refractivity contribution in [1.29, 1.82) is 5.26 Å². The van der Waals surface area contributed by atoms with Crippen molar-refractivity contribution in [2.75, 3.05) is 7.11 Å². The van der Waals surface area contributed by atoms with E-state index in [1.807, 2.05) is 48.5 Å². The fourth-order valence-electron chi connectivity index (χ4n) is 2.89. The highest BCUT2D eigenvalue weighted by Crippen LogP contribution is 2.40. The Morgan fingerprint density at radius 3 is 2.69 bits per heavy atom. The van der Waals surface area contributed by atoms with Crippen molar-refractivity contribution >= 4 is 29.3 Å². The number of thioether (sulfide) groups is 1. The highest BCUT2D eigenvalue weighted by atomic mass is 35.5. The fourth-order valence-corrected chi connectivity index (χ4v) is 4.05. The van der Waals surface area contributed by atoms with Crippen LogP contribution in [0.4, 0.5) is 0 Å². The van der Waals surface area contributed by atoms with Gasteiger partial charge in [-0.1, -0.05) is 41.9 Å². The summed E-state index contributed by atoms with van der Waals surface area (Å²) < 4.78 is 5.42. The molecule has 1 N–H and O–H groups in total. The minimum Gasteiger partial charge on any atom is -0.496 e. The number of hydrogen-bond acceptors (Lipinski definition) is 4. The molecule has 0 saturated carbocycles. The van der Waals surface area contributed by atoms with Crippen LogP contribution >= 0.6 is 23.4 Å². The van der Waals surface area contributed by atoms with E-state index < -0.39 is 0 Å². The van der Waals surface area contributed by atoms with Crippen LogP contribution in [0.2, 0.25) is 5.02 Å². The number of amides is 1. The molecule has 0 spiro atoms. The van der Waals surface area contributed by atoms with E-state index in [9.17, 15) is 10.1 Å². The van der Waals surface area contributed by atoms with Gasteiger partial charge in [-0.25, -0.2) is 0 Å². The van der Waals surface area contributed by atoms with Crippen molar-refractivity contribution in [2.45, 2.75) is 18.1 Å². The average Bonchev–Trinajstić information content (AvgIpc) is 2.67. The van der Waals surface area contributed by atoms with Gasteiger partial charge in [-0.3, -0.25) is 4.79 Å². The molecule has 132 valence electrons. The second-order valence-electron chi connectivity index (χ2n) is 5.82. The summed E-state index contributed by atoms with van der Waals surface area (Å²) in [5.74, 6) is 0.912. The highest BCUT2D eigenvalue weighted by molar-refractivity contribution is 8.02. The van der Waals surface area contributed by atoms with E-state index in [-0.39, 0.29) is 18.2 Å². The van der Waals surface area contributed by atoms with Gasteiger partial charge in [0.15, 0.2) is 0 Å². The molecule has 0 aliphatic carbocycles. The van der Waals surface area contributed by atoms with Crippen molar-refractivity contribution in [3.05, 3.63) is 75.3 Å². The van der Waals surface area contributed by atoms with E-state index in [1.54, 1.807) is 7.11 Å². The highest BCUT2D eigenvalue weighted by Gasteiger charge is 2.31. The summed E-state index contributed by atoms with van der Waals surface area (Å²) in [6.07, 6.45) is 0.230. The zero-order chi connectivity index (χ0) is 18.5. The molecule has 0 saturated heterocycles. The van der Waals surface area contributed by atoms with Gasteiger partial charge >= 0.3 is 0 Å². The zero-order valence-corrected chi connectivity index (χ0v) is 15.7. The van der Waals surface area contributed by atoms with Crippen LogP contribution in [0.15, 0.2) is 59.1 Å². The Balaban J connectivity index is 1.91. The van der Waals surface area contributed by atoms with Gasteiger partial charge in [0.2, 0.25) is 5.91 Å². The standard InChI is InChI=1S/C20H17ClN2O2S/c1-25-18-5-3-2-4-15(18)16-10-19(24)23-20(17(16)11-22)26-12-13-6-8-14(21)9-7-13/h2-9,16H,10,12H2,1H3,(H,23,24)/t16-/m0/s1. The van der Waals surface area contributed by atoms with Crippen LogP contribution in [0.5, 0.6) is 5.75 Å². The zero-order valence-electron chi connectivity index (χ0n) is 14.2. The third kappa shape index (κ3) is 4.04. The summed E-state index contributed by atoms with van der Waals surface area (Å²) in [7, 11) is 1.59. The lowest BCUT2D eigenvalue weighted by atomic mass is 9.86. The first-order valence-corrected chi connectivity index (χ1v) is 9.43. The predicted molar refractivity (Wildman–Crippen MR) is 104 cm³/mol. The quantitative estimate of drug-likeness (QED) is 0.816. The number of carbonyl (C=O) groups is 1. The van der Waals surface area contributed by atoms with Crippen LogP contribution in [0, 0.1) is 11.3 Å². The molecule has 0 aromatic heterocycles. The molecule has 26 heavy (non-hydrogen) atoms. The first-order chi connectivity index (χ1) is 12.6. The normalized spacial score (nSPS) is 16.8. The predicted octanol–water partition coefficient (Wildman–Crippen LogP) is 4.62. The fraction of sp³-hybridized carbons (Fsp3) is 0.200. The van der Waals surface area contributed by atoms with Gasteiger partial charge in [0.05, 0.1) is 23.8 Å². The SMILES string of the molecule is COc1ccccc1[C@@H]1CC(=O)NC(SCc2ccc(Cl)cc2)=C1C#N. The van der Waals surface area contributed by atoms with Crippen LogP contribution in [0.3, 0.4) is 0 Å². The van der Waals surface area contributed by atoms with Crippen LogP contribution in [0.25, 0.3) is 0 Å². The lowest BCUT2D eigenvalue weighted by Crippen LogP contribution is -2.31. The van der Waals surface area contributed by atoms with E-state index in [0.717, 1.165) is 11.1 Å². The van der Waals surface area contributed by atoms with Crippen molar-refractivity contribution in [2.24, 2.45) is 0 Å². The van der Waals surface area contributed by atoms with E-state index in [4.69, 9.17) is 16.3 Å². The molecular formula is C20H17ClN2O2S. The molecular weight excluding hydrogens is 368 g/mol. The molecule has 2 aromatic rings. The van der Waals surface area contributed by atoms with E-state index in [2.05, 4.69) is 11.4 Å². The first kappa shape index (κ1) is 18.4. The largest absolute Gasteiger partial charge is 0.496 e. The van der Waals surface area contributed by atoms with Gasteiger partial charge in [0.25, 0.3) is 0 Å². The molecule has 4 nitrogen and oxygen atoms in total. The maximum absolute atomic E-state index is 12.2. The lowest BCUT2D eigenvalue weighted by Gasteiger charge is -2.26. The summed E-state index contributed by atoms with van der Waals surface area (Å²) in [4.78, 5) is 12.2. The molecule has 0 unspecified atom stereocenters. The van der Waals surface area contributed by atoms with Crippen LogP contribution < -0.4 is 10.1 Å². The molecule has 1 amide bonds. The number of para-hydroxylation sites is 1. The van der Waals surface area contributed by atoms with Gasteiger partial charge in [-0.2, -0.15) is 5.26 Å². The number of methoxy groups -OCH3 is 1. The second-order valence-corrected chi connectivity index (χ2v) is 7.24. The Labute approximate surface area is 161 Å². The van der Waals surface area contributed by atoms with Gasteiger partial charge in [0.1, 0.15) is 5.75 Å². The topological polar surface area (TPSA) is 62.1 Å². The molecule has 1 aliphatic rings. The van der Waals surface area contributed by atoms with Gasteiger partial charge in [-0.15, -0.1) is 11.8 Å². The summed E-state index contributed by atoms with van der Waals surface area (Å²) >= 11 is 7.36. The summed E-state index contributed by atoms with van der Waals surface area (Å²) in [5, 5.41) is 13.9. The van der Waals surface area contributed by atoms with Crippen LogP contribution in [0.1, 0.15) is 23.5 Å². The number of rotatable bonds is 5. The van der Waals surface area contributed by atoms with Crippen LogP contribution in [-0.4, -0.2) is 13.0 Å². The van der Waals surface area contributed by atoms with E-state index >= 15 is 0 Å². The number of nitrogens with one attached hydrogen (secondary N) is 1. The number of ether oxygens (including phenoxy) is 1. The Kier molecular flexibility index (Phi) is 5.87. The first-order valence-electron chi connectivity index (χ1n) is 8.06. The number of allylic oxidation sites excluding steroid dienone is 1. The van der Waals surface area contributed by atoms with Crippen LogP contribution in [-0.2, 0) is 10.5 Å². The molecule has 6 heteroatoms. The summed E-state index contributed by atoms with van der Waals surface area (Å²) in [6.45, 7) is 0. The van der Waals surface area contributed by atoms with Crippen molar-refractivity contribution in [3.63, 3.8) is 0 Å². The molecule has 2 aromatic carbocycles. The third-order valence-corrected chi connectivity index (χ3v) is 5.51. The number of nitriles is 1. The van der Waals surface area contributed by atoms with Gasteiger partial charge < -0.3 is 10.1 Å². The molecule has 1 heterocycles. The Hall–Kier alpha value is -2.42. The average molecular weight is 385 g/mol. The molecule has 1 atom stereocenters. The molecule has 0 radical (unpaired) electrons. The van der Waals surface area contributed by atoms with E-state index in [0.29, 0.717) is 27.1 Å². The minimum atomic E-state index is -0.308. The number of benzene rings is 2. The third-order valence-electron chi connectivity index (χ3n) is 4.17. The number of hydrogen-bond donors (Lipinski definition) is 1. The maximum atomic E-state index is 12.2. The smallest absolute Gasteiger partial charge is 0.225 e. The van der Waals surface area contributed by atoms with Crippen molar-refractivity contribution in [1.82, 2.24) is 5.32 Å². The van der Waals surface area contributed by atoms with Gasteiger partial charge in [0, 0.05) is 28.7 Å². The number of carbonyl (C=O) groups excluding carboxylic acids is 1. The maximum Gasteiger partial charge on any atom is 0.225 e. The lowest BCUT2D eigenvalue weighted by molar-refractivity contribution is -0.120. The Bertz CT molecular complexity index is 887. The Morgan fingerprint density at radius 1 is 1.27 bits per heavy atom. The second kappa shape index (κ2) is 8.31.